The summed E-state index contributed by atoms with van der Waals surface area (Å²) in [6.07, 6.45) is 1.52. The van der Waals surface area contributed by atoms with Gasteiger partial charge in [0.15, 0.2) is 11.5 Å². The summed E-state index contributed by atoms with van der Waals surface area (Å²) in [5.74, 6) is 2.08. The fourth-order valence-corrected chi connectivity index (χ4v) is 2.45. The second-order valence-electron chi connectivity index (χ2n) is 4.69. The maximum Gasteiger partial charge on any atom is 0.254 e. The van der Waals surface area contributed by atoms with Crippen molar-refractivity contribution in [1.29, 1.82) is 0 Å². The smallest absolute Gasteiger partial charge is 0.254 e. The topological polar surface area (TPSA) is 69.5 Å². The van der Waals surface area contributed by atoms with E-state index in [0.717, 1.165) is 5.82 Å². The van der Waals surface area contributed by atoms with Crippen LogP contribution in [0.5, 0.6) is 11.5 Å². The summed E-state index contributed by atoms with van der Waals surface area (Å²) in [6, 6.07) is 5.25. The summed E-state index contributed by atoms with van der Waals surface area (Å²) in [5.41, 5.74) is 0.599. The first-order valence-corrected chi connectivity index (χ1v) is 6.37. The quantitative estimate of drug-likeness (QED) is 0.763. The lowest BCUT2D eigenvalue weighted by Crippen LogP contribution is -2.38. The molecule has 2 aromatic rings. The lowest BCUT2D eigenvalue weighted by Gasteiger charge is -2.26. The number of hydrogen-bond donors (Lipinski definition) is 0. The van der Waals surface area contributed by atoms with Crippen LogP contribution in [0.4, 0.5) is 0 Å². The minimum atomic E-state index is -0.0300. The largest absolute Gasteiger partial charge is 0.454 e. The van der Waals surface area contributed by atoms with Gasteiger partial charge in [0, 0.05) is 12.1 Å². The zero-order chi connectivity index (χ0) is 13.5. The SMILES string of the molecule is O=C(c1ccc2c(c1)OCO2)N1CCn2ncnc2C1. The Morgan fingerprint density at radius 1 is 1.20 bits per heavy atom. The zero-order valence-corrected chi connectivity index (χ0v) is 10.7. The van der Waals surface area contributed by atoms with Crippen LogP contribution in [-0.2, 0) is 13.1 Å². The van der Waals surface area contributed by atoms with Crippen LogP contribution in [0.15, 0.2) is 24.5 Å². The molecule has 0 unspecified atom stereocenters. The van der Waals surface area contributed by atoms with Crippen LogP contribution in [0.25, 0.3) is 0 Å². The van der Waals surface area contributed by atoms with Crippen LogP contribution < -0.4 is 9.47 Å². The van der Waals surface area contributed by atoms with Crippen molar-refractivity contribution in [3.63, 3.8) is 0 Å². The van der Waals surface area contributed by atoms with E-state index in [-0.39, 0.29) is 12.7 Å². The Kier molecular flexibility index (Phi) is 2.38. The first-order chi connectivity index (χ1) is 9.81. The Labute approximate surface area is 114 Å². The lowest BCUT2D eigenvalue weighted by molar-refractivity contribution is 0.0702. The molecule has 2 aliphatic rings. The molecule has 0 saturated carbocycles. The highest BCUT2D eigenvalue weighted by Gasteiger charge is 2.24. The van der Waals surface area contributed by atoms with Gasteiger partial charge < -0.3 is 14.4 Å². The Bertz CT molecular complexity index is 682. The molecule has 20 heavy (non-hydrogen) atoms. The van der Waals surface area contributed by atoms with Gasteiger partial charge in [0.2, 0.25) is 6.79 Å². The molecule has 4 rings (SSSR count). The molecule has 0 saturated heterocycles. The van der Waals surface area contributed by atoms with Crippen LogP contribution >= 0.6 is 0 Å². The number of hydrogen-bond acceptors (Lipinski definition) is 5. The van der Waals surface area contributed by atoms with E-state index in [4.69, 9.17) is 9.47 Å². The van der Waals surface area contributed by atoms with E-state index in [1.54, 1.807) is 23.1 Å². The molecule has 0 radical (unpaired) electrons. The molecule has 0 bridgehead atoms. The molecule has 0 spiro atoms. The minimum absolute atomic E-state index is 0.0300. The summed E-state index contributed by atoms with van der Waals surface area (Å²) >= 11 is 0. The van der Waals surface area contributed by atoms with Gasteiger partial charge >= 0.3 is 0 Å². The molecule has 1 aromatic carbocycles. The molecule has 7 nitrogen and oxygen atoms in total. The number of aromatic nitrogens is 3. The Morgan fingerprint density at radius 2 is 2.10 bits per heavy atom. The van der Waals surface area contributed by atoms with Crippen molar-refractivity contribution in [2.75, 3.05) is 13.3 Å². The molecule has 1 amide bonds. The van der Waals surface area contributed by atoms with E-state index < -0.39 is 0 Å². The van der Waals surface area contributed by atoms with Crippen LogP contribution in [0.2, 0.25) is 0 Å². The number of carbonyl (C=O) groups excluding carboxylic acids is 1. The number of rotatable bonds is 1. The number of ether oxygens (including phenoxy) is 2. The van der Waals surface area contributed by atoms with Gasteiger partial charge in [-0.2, -0.15) is 5.10 Å². The van der Waals surface area contributed by atoms with Gasteiger partial charge in [0.1, 0.15) is 12.2 Å². The van der Waals surface area contributed by atoms with Crippen molar-refractivity contribution in [3.05, 3.63) is 35.9 Å². The molecule has 7 heteroatoms. The third kappa shape index (κ3) is 1.70. The fourth-order valence-electron chi connectivity index (χ4n) is 2.45. The lowest BCUT2D eigenvalue weighted by atomic mass is 10.1. The minimum Gasteiger partial charge on any atom is -0.454 e. The Balaban J connectivity index is 1.59. The molecule has 1 aromatic heterocycles. The maximum absolute atomic E-state index is 12.5. The zero-order valence-electron chi connectivity index (χ0n) is 10.7. The predicted molar refractivity (Wildman–Crippen MR) is 67.3 cm³/mol. The summed E-state index contributed by atoms with van der Waals surface area (Å²) in [4.78, 5) is 18.4. The van der Waals surface area contributed by atoms with Gasteiger partial charge in [0.25, 0.3) is 5.91 Å². The van der Waals surface area contributed by atoms with Gasteiger partial charge in [-0.1, -0.05) is 0 Å². The van der Waals surface area contributed by atoms with Crippen molar-refractivity contribution in [1.82, 2.24) is 19.7 Å². The van der Waals surface area contributed by atoms with Crippen LogP contribution in [-0.4, -0.2) is 38.9 Å². The standard InChI is InChI=1S/C13H12N4O3/c18-13(9-1-2-10-11(5-9)20-8-19-10)16-3-4-17-12(6-16)14-7-15-17/h1-2,5,7H,3-4,6,8H2. The summed E-state index contributed by atoms with van der Waals surface area (Å²) in [6.45, 7) is 1.99. The molecular formula is C13H12N4O3. The predicted octanol–water partition coefficient (Wildman–Crippen LogP) is 0.663. The average molecular weight is 272 g/mol. The number of carbonyl (C=O) groups is 1. The van der Waals surface area contributed by atoms with E-state index in [1.807, 2.05) is 4.68 Å². The van der Waals surface area contributed by atoms with Crippen molar-refractivity contribution >= 4 is 5.91 Å². The van der Waals surface area contributed by atoms with Crippen LogP contribution in [0.3, 0.4) is 0 Å². The van der Waals surface area contributed by atoms with E-state index in [2.05, 4.69) is 10.1 Å². The molecule has 0 atom stereocenters. The van der Waals surface area contributed by atoms with E-state index in [9.17, 15) is 4.79 Å². The third-order valence-corrected chi connectivity index (χ3v) is 3.52. The Hall–Kier alpha value is -2.57. The van der Waals surface area contributed by atoms with Gasteiger partial charge in [-0.25, -0.2) is 9.67 Å². The van der Waals surface area contributed by atoms with E-state index in [1.165, 1.54) is 6.33 Å². The molecule has 0 N–H and O–H groups in total. The van der Waals surface area contributed by atoms with Gasteiger partial charge in [-0.15, -0.1) is 0 Å². The fraction of sp³-hybridized carbons (Fsp3) is 0.308. The number of nitrogens with zero attached hydrogens (tertiary/aromatic N) is 4. The molecule has 3 heterocycles. The van der Waals surface area contributed by atoms with Crippen LogP contribution in [0, 0.1) is 0 Å². The maximum atomic E-state index is 12.5. The second kappa shape index (κ2) is 4.22. The van der Waals surface area contributed by atoms with Crippen LogP contribution in [0.1, 0.15) is 16.2 Å². The van der Waals surface area contributed by atoms with Gasteiger partial charge in [-0.05, 0) is 18.2 Å². The molecule has 0 fully saturated rings. The molecule has 2 aliphatic heterocycles. The third-order valence-electron chi connectivity index (χ3n) is 3.52. The van der Waals surface area contributed by atoms with Crippen molar-refractivity contribution in [2.45, 2.75) is 13.1 Å². The van der Waals surface area contributed by atoms with Gasteiger partial charge in [0.05, 0.1) is 13.1 Å². The first-order valence-electron chi connectivity index (χ1n) is 6.37. The highest BCUT2D eigenvalue weighted by atomic mass is 16.7. The molecule has 0 aliphatic carbocycles. The summed E-state index contributed by atoms with van der Waals surface area (Å²) < 4.78 is 12.4. The average Bonchev–Trinajstić information content (AvgIpc) is 3.13. The van der Waals surface area contributed by atoms with E-state index >= 15 is 0 Å². The number of amides is 1. The monoisotopic (exact) mass is 272 g/mol. The van der Waals surface area contributed by atoms with E-state index in [0.29, 0.717) is 36.7 Å². The molecule has 102 valence electrons. The molecular weight excluding hydrogens is 260 g/mol. The van der Waals surface area contributed by atoms with Crippen molar-refractivity contribution in [3.8, 4) is 11.5 Å². The number of fused-ring (bicyclic) bond motifs is 2. The number of benzene rings is 1. The van der Waals surface area contributed by atoms with Crippen molar-refractivity contribution < 1.29 is 14.3 Å². The van der Waals surface area contributed by atoms with Crippen molar-refractivity contribution in [2.24, 2.45) is 0 Å². The summed E-state index contributed by atoms with van der Waals surface area (Å²) in [7, 11) is 0. The second-order valence-corrected chi connectivity index (χ2v) is 4.69. The normalized spacial score (nSPS) is 16.1. The van der Waals surface area contributed by atoms with Gasteiger partial charge in [-0.3, -0.25) is 4.79 Å². The highest BCUT2D eigenvalue weighted by Crippen LogP contribution is 2.33. The highest BCUT2D eigenvalue weighted by molar-refractivity contribution is 5.95. The Morgan fingerprint density at radius 3 is 3.05 bits per heavy atom. The summed E-state index contributed by atoms with van der Waals surface area (Å²) in [5, 5.41) is 4.10. The first kappa shape index (κ1) is 11.3.